The van der Waals surface area contributed by atoms with Gasteiger partial charge in [0.2, 0.25) is 0 Å². The Bertz CT molecular complexity index is 1160. The standard InChI is InChI=1S/C24H23N3O2S2/c1-15-6-4-8-19(12-15)27-16(2)21(22(26-24(27)30)17-10-11-31-14-17)23(28)25-18-7-5-9-20(13-18)29-3/h4-14,22H,1-3H3,(H,25,28)(H,26,30). The van der Waals surface area contributed by atoms with Crippen LogP contribution in [0.3, 0.4) is 0 Å². The van der Waals surface area contributed by atoms with Crippen LogP contribution in [0.2, 0.25) is 0 Å². The first kappa shape index (κ1) is 21.1. The molecule has 0 spiro atoms. The van der Waals surface area contributed by atoms with E-state index in [0.717, 1.165) is 22.5 Å². The van der Waals surface area contributed by atoms with E-state index in [1.807, 2.05) is 72.0 Å². The van der Waals surface area contributed by atoms with Gasteiger partial charge in [-0.3, -0.25) is 9.69 Å². The Balaban J connectivity index is 1.78. The predicted molar refractivity (Wildman–Crippen MR) is 131 cm³/mol. The number of carbonyl (C=O) groups is 1. The van der Waals surface area contributed by atoms with E-state index in [0.29, 0.717) is 22.1 Å². The molecule has 1 amide bonds. The number of amides is 1. The first-order valence-corrected chi connectivity index (χ1v) is 11.2. The lowest BCUT2D eigenvalue weighted by Gasteiger charge is -2.37. The van der Waals surface area contributed by atoms with Gasteiger partial charge >= 0.3 is 0 Å². The van der Waals surface area contributed by atoms with Crippen LogP contribution in [0.1, 0.15) is 24.1 Å². The van der Waals surface area contributed by atoms with Crippen molar-refractivity contribution in [2.45, 2.75) is 19.9 Å². The van der Waals surface area contributed by atoms with Gasteiger partial charge in [-0.25, -0.2) is 0 Å². The molecule has 158 valence electrons. The summed E-state index contributed by atoms with van der Waals surface area (Å²) < 4.78 is 5.28. The molecule has 4 rings (SSSR count). The Morgan fingerprint density at radius 3 is 2.68 bits per heavy atom. The van der Waals surface area contributed by atoms with Crippen molar-refractivity contribution in [1.29, 1.82) is 0 Å². The Hall–Kier alpha value is -3.16. The van der Waals surface area contributed by atoms with Gasteiger partial charge in [0.25, 0.3) is 5.91 Å². The molecule has 5 nitrogen and oxygen atoms in total. The Morgan fingerprint density at radius 1 is 1.16 bits per heavy atom. The summed E-state index contributed by atoms with van der Waals surface area (Å²) in [4.78, 5) is 15.4. The SMILES string of the molecule is COc1cccc(NC(=O)C2=C(C)N(c3cccc(C)c3)C(=S)NC2c2ccsc2)c1. The van der Waals surface area contributed by atoms with Crippen LogP contribution in [-0.4, -0.2) is 18.1 Å². The van der Waals surface area contributed by atoms with E-state index < -0.39 is 0 Å². The average Bonchev–Trinajstić information content (AvgIpc) is 3.28. The summed E-state index contributed by atoms with van der Waals surface area (Å²) in [5.74, 6) is 0.497. The summed E-state index contributed by atoms with van der Waals surface area (Å²) in [6, 6.07) is 17.1. The molecule has 0 saturated heterocycles. The van der Waals surface area contributed by atoms with E-state index in [-0.39, 0.29) is 11.9 Å². The average molecular weight is 450 g/mol. The maximum absolute atomic E-state index is 13.5. The van der Waals surface area contributed by atoms with Crippen LogP contribution in [-0.2, 0) is 4.79 Å². The number of anilines is 2. The van der Waals surface area contributed by atoms with Gasteiger partial charge in [0.05, 0.1) is 18.7 Å². The number of benzene rings is 2. The number of allylic oxidation sites excluding steroid dienone is 1. The molecular weight excluding hydrogens is 426 g/mol. The zero-order valence-corrected chi connectivity index (χ0v) is 19.1. The van der Waals surface area contributed by atoms with Gasteiger partial charge in [-0.2, -0.15) is 11.3 Å². The van der Waals surface area contributed by atoms with Gasteiger partial charge < -0.3 is 15.4 Å². The smallest absolute Gasteiger partial charge is 0.255 e. The number of nitrogens with zero attached hydrogens (tertiary/aromatic N) is 1. The Morgan fingerprint density at radius 2 is 1.97 bits per heavy atom. The lowest BCUT2D eigenvalue weighted by atomic mass is 9.95. The molecular formula is C24H23N3O2S2. The Labute approximate surface area is 191 Å². The fourth-order valence-corrected chi connectivity index (χ4v) is 4.75. The van der Waals surface area contributed by atoms with Crippen molar-refractivity contribution < 1.29 is 9.53 Å². The molecule has 3 aromatic rings. The molecule has 0 radical (unpaired) electrons. The third kappa shape index (κ3) is 4.33. The maximum atomic E-state index is 13.5. The number of carbonyl (C=O) groups excluding carboxylic acids is 1. The minimum atomic E-state index is -0.328. The van der Waals surface area contributed by atoms with Crippen molar-refractivity contribution in [2.75, 3.05) is 17.3 Å². The molecule has 0 aliphatic carbocycles. The number of thiocarbonyl (C=S) groups is 1. The molecule has 0 saturated carbocycles. The highest BCUT2D eigenvalue weighted by Gasteiger charge is 2.34. The highest BCUT2D eigenvalue weighted by atomic mass is 32.1. The summed E-state index contributed by atoms with van der Waals surface area (Å²) in [7, 11) is 1.60. The molecule has 1 unspecified atom stereocenters. The monoisotopic (exact) mass is 449 g/mol. The van der Waals surface area contributed by atoms with E-state index in [2.05, 4.69) is 16.7 Å². The van der Waals surface area contributed by atoms with E-state index in [1.54, 1.807) is 24.5 Å². The topological polar surface area (TPSA) is 53.6 Å². The normalized spacial score (nSPS) is 16.2. The fraction of sp³-hybridized carbons (Fsp3) is 0.167. The van der Waals surface area contributed by atoms with Gasteiger partial charge in [0.15, 0.2) is 5.11 Å². The van der Waals surface area contributed by atoms with Gasteiger partial charge in [-0.1, -0.05) is 18.2 Å². The number of hydrogen-bond donors (Lipinski definition) is 2. The second kappa shape index (κ2) is 8.91. The van der Waals surface area contributed by atoms with Gasteiger partial charge in [-0.05, 0) is 78.3 Å². The number of aryl methyl sites for hydroxylation is 1. The summed E-state index contributed by atoms with van der Waals surface area (Å²) in [6.07, 6.45) is 0. The number of nitrogens with one attached hydrogen (secondary N) is 2. The van der Waals surface area contributed by atoms with Crippen LogP contribution < -0.4 is 20.3 Å². The largest absolute Gasteiger partial charge is 0.497 e. The molecule has 1 aliphatic heterocycles. The minimum Gasteiger partial charge on any atom is -0.497 e. The second-order valence-corrected chi connectivity index (χ2v) is 8.47. The van der Waals surface area contributed by atoms with Crippen molar-refractivity contribution in [1.82, 2.24) is 5.32 Å². The number of ether oxygens (including phenoxy) is 1. The van der Waals surface area contributed by atoms with Gasteiger partial charge in [-0.15, -0.1) is 0 Å². The molecule has 2 heterocycles. The van der Waals surface area contributed by atoms with E-state index in [9.17, 15) is 4.79 Å². The summed E-state index contributed by atoms with van der Waals surface area (Å²) in [5.41, 5.74) is 5.14. The van der Waals surface area contributed by atoms with Crippen molar-refractivity contribution in [3.8, 4) is 5.75 Å². The van der Waals surface area contributed by atoms with Crippen molar-refractivity contribution in [3.63, 3.8) is 0 Å². The highest BCUT2D eigenvalue weighted by Crippen LogP contribution is 2.35. The van der Waals surface area contributed by atoms with E-state index >= 15 is 0 Å². The molecule has 0 fully saturated rings. The zero-order valence-electron chi connectivity index (χ0n) is 17.5. The molecule has 1 aliphatic rings. The Kier molecular flexibility index (Phi) is 6.06. The van der Waals surface area contributed by atoms with Crippen LogP contribution in [0.25, 0.3) is 0 Å². The lowest BCUT2D eigenvalue weighted by molar-refractivity contribution is -0.113. The lowest BCUT2D eigenvalue weighted by Crippen LogP contribution is -2.48. The summed E-state index contributed by atoms with van der Waals surface area (Å²) in [5, 5.41) is 11.0. The maximum Gasteiger partial charge on any atom is 0.255 e. The molecule has 1 aromatic heterocycles. The third-order valence-corrected chi connectivity index (χ3v) is 6.20. The van der Waals surface area contributed by atoms with Crippen LogP contribution >= 0.6 is 23.6 Å². The molecule has 7 heteroatoms. The number of rotatable bonds is 5. The number of thiophene rings is 1. The van der Waals surface area contributed by atoms with Crippen molar-refractivity contribution >= 4 is 45.9 Å². The third-order valence-electron chi connectivity index (χ3n) is 5.19. The van der Waals surface area contributed by atoms with E-state index in [4.69, 9.17) is 17.0 Å². The van der Waals surface area contributed by atoms with Crippen LogP contribution in [0.4, 0.5) is 11.4 Å². The van der Waals surface area contributed by atoms with Crippen LogP contribution in [0, 0.1) is 6.92 Å². The quantitative estimate of drug-likeness (QED) is 0.510. The minimum absolute atomic E-state index is 0.186. The van der Waals surface area contributed by atoms with Gasteiger partial charge in [0.1, 0.15) is 5.75 Å². The predicted octanol–water partition coefficient (Wildman–Crippen LogP) is 5.41. The molecule has 2 N–H and O–H groups in total. The molecule has 1 atom stereocenters. The molecule has 31 heavy (non-hydrogen) atoms. The van der Waals surface area contributed by atoms with E-state index in [1.165, 1.54) is 0 Å². The zero-order chi connectivity index (χ0) is 22.0. The van der Waals surface area contributed by atoms with Crippen molar-refractivity contribution in [3.05, 3.63) is 87.8 Å². The molecule has 2 aromatic carbocycles. The van der Waals surface area contributed by atoms with Crippen molar-refractivity contribution in [2.24, 2.45) is 0 Å². The number of hydrogen-bond acceptors (Lipinski definition) is 4. The van der Waals surface area contributed by atoms with Crippen LogP contribution in [0.15, 0.2) is 76.6 Å². The second-order valence-electron chi connectivity index (χ2n) is 7.30. The summed E-state index contributed by atoms with van der Waals surface area (Å²) >= 11 is 7.31. The fourth-order valence-electron chi connectivity index (χ4n) is 3.70. The number of methoxy groups -OCH3 is 1. The first-order chi connectivity index (χ1) is 15.0. The highest BCUT2D eigenvalue weighted by molar-refractivity contribution is 7.80. The molecule has 0 bridgehead atoms. The summed E-state index contributed by atoms with van der Waals surface area (Å²) in [6.45, 7) is 3.98. The first-order valence-electron chi connectivity index (χ1n) is 9.83. The van der Waals surface area contributed by atoms with Gasteiger partial charge in [0, 0.05) is 23.1 Å². The van der Waals surface area contributed by atoms with Crippen LogP contribution in [0.5, 0.6) is 5.75 Å².